The maximum atomic E-state index is 12.5. The van der Waals surface area contributed by atoms with E-state index in [9.17, 15) is 4.79 Å². The lowest BCUT2D eigenvalue weighted by atomic mass is 10.00. The zero-order valence-electron chi connectivity index (χ0n) is 14.9. The number of rotatable bonds is 6. The minimum absolute atomic E-state index is 0.0659. The lowest BCUT2D eigenvalue weighted by molar-refractivity contribution is 0.102. The number of ketones is 1. The Morgan fingerprint density at radius 3 is 2.69 bits per heavy atom. The van der Waals surface area contributed by atoms with E-state index in [4.69, 9.17) is 11.6 Å². The van der Waals surface area contributed by atoms with Gasteiger partial charge in [-0.15, -0.1) is 10.2 Å². The van der Waals surface area contributed by atoms with Gasteiger partial charge in [-0.05, 0) is 43.7 Å². The fourth-order valence-electron chi connectivity index (χ4n) is 3.32. The third kappa shape index (κ3) is 3.91. The number of halogens is 1. The van der Waals surface area contributed by atoms with Gasteiger partial charge in [-0.2, -0.15) is 0 Å². The molecule has 0 radical (unpaired) electrons. The molecule has 1 aromatic heterocycles. The van der Waals surface area contributed by atoms with Crippen LogP contribution in [0.25, 0.3) is 0 Å². The maximum absolute atomic E-state index is 12.5. The van der Waals surface area contributed by atoms with Crippen LogP contribution >= 0.6 is 23.4 Å². The van der Waals surface area contributed by atoms with Crippen molar-refractivity contribution in [2.45, 2.75) is 43.8 Å². The van der Waals surface area contributed by atoms with Crippen molar-refractivity contribution in [3.05, 3.63) is 34.9 Å². The number of thioether (sulfide) groups is 1. The van der Waals surface area contributed by atoms with Crippen molar-refractivity contribution in [3.8, 4) is 0 Å². The Balaban J connectivity index is 1.47. The Kier molecular flexibility index (Phi) is 5.23. The fourth-order valence-corrected chi connectivity index (χ4v) is 4.41. The van der Waals surface area contributed by atoms with Gasteiger partial charge in [0.2, 0.25) is 5.95 Å². The number of nitrogens with zero attached hydrogens (tertiary/aromatic N) is 4. The van der Waals surface area contributed by atoms with Crippen LogP contribution < -0.4 is 4.90 Å². The molecule has 0 amide bonds. The first-order valence-corrected chi connectivity index (χ1v) is 10.6. The monoisotopic (exact) mass is 390 g/mol. The zero-order chi connectivity index (χ0) is 18.1. The molecule has 1 saturated carbocycles. The van der Waals surface area contributed by atoms with Gasteiger partial charge in [0.15, 0.2) is 10.9 Å². The predicted octanol–water partition coefficient (Wildman–Crippen LogP) is 4.48. The molecule has 0 unspecified atom stereocenters. The summed E-state index contributed by atoms with van der Waals surface area (Å²) in [4.78, 5) is 14.8. The fraction of sp³-hybridized carbons (Fsp3) is 0.526. The van der Waals surface area contributed by atoms with E-state index >= 15 is 0 Å². The molecule has 2 heterocycles. The summed E-state index contributed by atoms with van der Waals surface area (Å²) >= 11 is 7.47. The number of Topliss-reactive ketones (excluding diaryl/α,β-unsaturated/α-hetero) is 1. The number of hydrogen-bond donors (Lipinski definition) is 0. The molecule has 1 aliphatic heterocycles. The van der Waals surface area contributed by atoms with Crippen LogP contribution in [0.5, 0.6) is 0 Å². The summed E-state index contributed by atoms with van der Waals surface area (Å²) < 4.78 is 2.26. The number of piperidine rings is 1. The molecule has 0 atom stereocenters. The molecule has 2 aliphatic rings. The molecule has 1 aromatic carbocycles. The average molecular weight is 391 g/mol. The Hall–Kier alpha value is -1.53. The summed E-state index contributed by atoms with van der Waals surface area (Å²) in [5, 5.41) is 10.3. The average Bonchev–Trinajstić information content (AvgIpc) is 3.40. The molecule has 1 aliphatic carbocycles. The standard InChI is InChI=1S/C19H23ClN4OS/c1-13-7-9-23(10-8-13)18-21-22-19(24(18)16-5-6-16)26-12-17(25)14-3-2-4-15(20)11-14/h2-4,11,13,16H,5-10,12H2,1H3. The number of carbonyl (C=O) groups is 1. The lowest BCUT2D eigenvalue weighted by Gasteiger charge is -2.31. The minimum atomic E-state index is 0.0659. The van der Waals surface area contributed by atoms with Gasteiger partial charge < -0.3 is 4.90 Å². The predicted molar refractivity (Wildman–Crippen MR) is 105 cm³/mol. The van der Waals surface area contributed by atoms with Gasteiger partial charge in [-0.1, -0.05) is 42.4 Å². The molecule has 5 nitrogen and oxygen atoms in total. The van der Waals surface area contributed by atoms with Crippen LogP contribution in [0.4, 0.5) is 5.95 Å². The summed E-state index contributed by atoms with van der Waals surface area (Å²) in [5.74, 6) is 2.18. The van der Waals surface area contributed by atoms with E-state index in [2.05, 4.69) is 26.6 Å². The van der Waals surface area contributed by atoms with Crippen molar-refractivity contribution in [2.75, 3.05) is 23.7 Å². The molecular weight excluding hydrogens is 368 g/mol. The second-order valence-electron chi connectivity index (χ2n) is 7.28. The molecule has 1 saturated heterocycles. The molecule has 0 bridgehead atoms. The van der Waals surface area contributed by atoms with Gasteiger partial charge >= 0.3 is 0 Å². The smallest absolute Gasteiger partial charge is 0.228 e. The van der Waals surface area contributed by atoms with Gasteiger partial charge in [0, 0.05) is 29.7 Å². The van der Waals surface area contributed by atoms with Crippen LogP contribution in [0.1, 0.15) is 49.0 Å². The van der Waals surface area contributed by atoms with Crippen LogP contribution in [0.15, 0.2) is 29.4 Å². The Labute approximate surface area is 163 Å². The van der Waals surface area contributed by atoms with E-state index in [-0.39, 0.29) is 5.78 Å². The lowest BCUT2D eigenvalue weighted by Crippen LogP contribution is -2.34. The number of hydrogen-bond acceptors (Lipinski definition) is 5. The highest BCUT2D eigenvalue weighted by atomic mass is 35.5. The SMILES string of the molecule is CC1CCN(c2nnc(SCC(=O)c3cccc(Cl)c3)n2C2CC2)CC1. The summed E-state index contributed by atoms with van der Waals surface area (Å²) in [6.45, 7) is 4.39. The Morgan fingerprint density at radius 2 is 2.00 bits per heavy atom. The van der Waals surface area contributed by atoms with Gasteiger partial charge in [0.05, 0.1) is 5.75 Å². The van der Waals surface area contributed by atoms with Crippen LogP contribution in [0.2, 0.25) is 5.02 Å². The number of anilines is 1. The van der Waals surface area contributed by atoms with Crippen molar-refractivity contribution < 1.29 is 4.79 Å². The van der Waals surface area contributed by atoms with Crippen LogP contribution in [0, 0.1) is 5.92 Å². The quantitative estimate of drug-likeness (QED) is 0.537. The molecule has 2 aromatic rings. The zero-order valence-corrected chi connectivity index (χ0v) is 16.5. The number of aromatic nitrogens is 3. The summed E-state index contributed by atoms with van der Waals surface area (Å²) in [7, 11) is 0. The third-order valence-electron chi connectivity index (χ3n) is 5.10. The molecule has 4 rings (SSSR count). The second kappa shape index (κ2) is 7.61. The molecular formula is C19H23ClN4OS. The first kappa shape index (κ1) is 17.9. The maximum Gasteiger partial charge on any atom is 0.228 e. The highest BCUT2D eigenvalue weighted by Crippen LogP contribution is 2.41. The van der Waals surface area contributed by atoms with Gasteiger partial charge in [0.1, 0.15) is 0 Å². The van der Waals surface area contributed by atoms with E-state index in [1.54, 1.807) is 18.2 Å². The van der Waals surface area contributed by atoms with Gasteiger partial charge in [-0.25, -0.2) is 0 Å². The Bertz CT molecular complexity index is 797. The van der Waals surface area contributed by atoms with Crippen LogP contribution in [-0.2, 0) is 0 Å². The molecule has 138 valence electrons. The van der Waals surface area contributed by atoms with Crippen molar-refractivity contribution in [1.29, 1.82) is 0 Å². The van der Waals surface area contributed by atoms with Crippen molar-refractivity contribution in [2.24, 2.45) is 5.92 Å². The van der Waals surface area contributed by atoms with Crippen molar-refractivity contribution in [1.82, 2.24) is 14.8 Å². The van der Waals surface area contributed by atoms with E-state index in [0.717, 1.165) is 30.1 Å². The molecule has 7 heteroatoms. The summed E-state index contributed by atoms with van der Waals surface area (Å²) in [6.07, 6.45) is 4.75. The largest absolute Gasteiger partial charge is 0.341 e. The third-order valence-corrected chi connectivity index (χ3v) is 6.28. The normalized spacial score (nSPS) is 18.3. The van der Waals surface area contributed by atoms with Crippen molar-refractivity contribution in [3.63, 3.8) is 0 Å². The van der Waals surface area contributed by atoms with Crippen molar-refractivity contribution >= 4 is 35.1 Å². The molecule has 26 heavy (non-hydrogen) atoms. The molecule has 2 fully saturated rings. The van der Waals surface area contributed by atoms with E-state index in [1.807, 2.05) is 6.07 Å². The first-order valence-electron chi connectivity index (χ1n) is 9.23. The highest BCUT2D eigenvalue weighted by molar-refractivity contribution is 7.99. The highest BCUT2D eigenvalue weighted by Gasteiger charge is 2.32. The van der Waals surface area contributed by atoms with Crippen LogP contribution in [0.3, 0.4) is 0 Å². The summed E-state index contributed by atoms with van der Waals surface area (Å²) in [5.41, 5.74) is 0.646. The molecule has 0 spiro atoms. The Morgan fingerprint density at radius 1 is 1.23 bits per heavy atom. The molecule has 0 N–H and O–H groups in total. The van der Waals surface area contributed by atoms with Gasteiger partial charge in [0.25, 0.3) is 0 Å². The van der Waals surface area contributed by atoms with E-state index in [0.29, 0.717) is 22.4 Å². The number of carbonyl (C=O) groups excluding carboxylic acids is 1. The topological polar surface area (TPSA) is 51.0 Å². The second-order valence-corrected chi connectivity index (χ2v) is 8.65. The van der Waals surface area contributed by atoms with Crippen LogP contribution in [-0.4, -0.2) is 39.4 Å². The first-order chi connectivity index (χ1) is 12.6. The minimum Gasteiger partial charge on any atom is -0.341 e. The van der Waals surface area contributed by atoms with E-state index < -0.39 is 0 Å². The summed E-state index contributed by atoms with van der Waals surface area (Å²) in [6, 6.07) is 7.60. The van der Waals surface area contributed by atoms with Gasteiger partial charge in [-0.3, -0.25) is 9.36 Å². The van der Waals surface area contributed by atoms with E-state index in [1.165, 1.54) is 37.4 Å². The number of benzene rings is 1.